The molecular formula is C10H12ClFO3. The average Bonchev–Trinajstić information content (AvgIpc) is 2.27. The van der Waals surface area contributed by atoms with Crippen molar-refractivity contribution in [2.24, 2.45) is 0 Å². The zero-order valence-corrected chi connectivity index (χ0v) is 8.65. The third-order valence-electron chi connectivity index (χ3n) is 2.12. The van der Waals surface area contributed by atoms with Gasteiger partial charge in [0.25, 0.3) is 0 Å². The zero-order valence-electron chi connectivity index (χ0n) is 7.90. The third-order valence-corrected chi connectivity index (χ3v) is 2.44. The van der Waals surface area contributed by atoms with Crippen molar-refractivity contribution in [3.63, 3.8) is 0 Å². The van der Waals surface area contributed by atoms with Gasteiger partial charge in [0.1, 0.15) is 11.9 Å². The van der Waals surface area contributed by atoms with E-state index in [0.717, 1.165) is 0 Å². The van der Waals surface area contributed by atoms with Crippen molar-refractivity contribution in [1.82, 2.24) is 0 Å². The van der Waals surface area contributed by atoms with Gasteiger partial charge in [0.15, 0.2) is 0 Å². The van der Waals surface area contributed by atoms with E-state index in [0.29, 0.717) is 0 Å². The highest BCUT2D eigenvalue weighted by atomic mass is 35.5. The van der Waals surface area contributed by atoms with Crippen LogP contribution in [0, 0.1) is 5.82 Å². The molecule has 0 saturated heterocycles. The summed E-state index contributed by atoms with van der Waals surface area (Å²) in [5.41, 5.74) is 0.0167. The van der Waals surface area contributed by atoms with Gasteiger partial charge in [-0.1, -0.05) is 18.2 Å². The van der Waals surface area contributed by atoms with Crippen LogP contribution >= 0.6 is 11.6 Å². The molecule has 0 saturated carbocycles. The van der Waals surface area contributed by atoms with Crippen LogP contribution < -0.4 is 0 Å². The van der Waals surface area contributed by atoms with Gasteiger partial charge in [0, 0.05) is 11.1 Å². The molecule has 0 fully saturated rings. The van der Waals surface area contributed by atoms with Crippen molar-refractivity contribution in [2.75, 3.05) is 5.88 Å². The molecule has 0 bridgehead atoms. The Hall–Kier alpha value is -0.680. The van der Waals surface area contributed by atoms with E-state index in [2.05, 4.69) is 0 Å². The fourth-order valence-electron chi connectivity index (χ4n) is 1.24. The van der Waals surface area contributed by atoms with Gasteiger partial charge in [-0.3, -0.25) is 0 Å². The molecule has 1 rings (SSSR count). The van der Waals surface area contributed by atoms with E-state index in [9.17, 15) is 14.6 Å². The molecule has 5 heteroatoms. The molecule has 0 aliphatic rings. The Labute approximate surface area is 91.7 Å². The second-order valence-corrected chi connectivity index (χ2v) is 3.45. The summed E-state index contributed by atoms with van der Waals surface area (Å²) in [6, 6.07) is 4.24. The Morgan fingerprint density at radius 1 is 1.33 bits per heavy atom. The number of alkyl halides is 1. The molecule has 3 nitrogen and oxygen atoms in total. The SMILES string of the molecule is OCc1cccc(C(O)C(O)CCl)c1F. The van der Waals surface area contributed by atoms with Crippen LogP contribution in [0.4, 0.5) is 4.39 Å². The summed E-state index contributed by atoms with van der Waals surface area (Å²) in [5, 5.41) is 27.6. The second-order valence-electron chi connectivity index (χ2n) is 3.14. The Morgan fingerprint density at radius 3 is 2.53 bits per heavy atom. The standard InChI is InChI=1S/C10H12ClFO3/c11-4-8(14)10(15)7-3-1-2-6(5-13)9(7)12/h1-3,8,10,13-15H,4-5H2. The normalized spacial score (nSPS) is 15.0. The summed E-state index contributed by atoms with van der Waals surface area (Å²) in [6.07, 6.45) is -2.61. The summed E-state index contributed by atoms with van der Waals surface area (Å²) >= 11 is 5.34. The minimum atomic E-state index is -1.38. The highest BCUT2D eigenvalue weighted by Crippen LogP contribution is 2.23. The molecule has 0 aromatic heterocycles. The Morgan fingerprint density at radius 2 is 2.00 bits per heavy atom. The van der Waals surface area contributed by atoms with E-state index in [4.69, 9.17) is 16.7 Å². The van der Waals surface area contributed by atoms with E-state index in [1.807, 2.05) is 0 Å². The predicted molar refractivity (Wildman–Crippen MR) is 54.0 cm³/mol. The molecule has 0 aliphatic heterocycles. The van der Waals surface area contributed by atoms with E-state index in [-0.39, 0.29) is 17.0 Å². The number of aliphatic hydroxyl groups is 3. The number of aliphatic hydroxyl groups excluding tert-OH is 3. The number of hydrogen-bond acceptors (Lipinski definition) is 3. The van der Waals surface area contributed by atoms with Crippen molar-refractivity contribution in [3.05, 3.63) is 35.1 Å². The highest BCUT2D eigenvalue weighted by Gasteiger charge is 2.21. The monoisotopic (exact) mass is 234 g/mol. The van der Waals surface area contributed by atoms with E-state index < -0.39 is 24.6 Å². The van der Waals surface area contributed by atoms with Gasteiger partial charge in [-0.15, -0.1) is 11.6 Å². The lowest BCUT2D eigenvalue weighted by atomic mass is 10.0. The quantitative estimate of drug-likeness (QED) is 0.680. The van der Waals surface area contributed by atoms with E-state index in [1.165, 1.54) is 18.2 Å². The van der Waals surface area contributed by atoms with Crippen LogP contribution in [0.1, 0.15) is 17.2 Å². The molecule has 1 aromatic rings. The van der Waals surface area contributed by atoms with Crippen molar-refractivity contribution in [3.8, 4) is 0 Å². The first-order valence-electron chi connectivity index (χ1n) is 4.42. The van der Waals surface area contributed by atoms with Crippen molar-refractivity contribution >= 4 is 11.6 Å². The molecule has 84 valence electrons. The smallest absolute Gasteiger partial charge is 0.134 e. The van der Waals surface area contributed by atoms with Gasteiger partial charge in [0.05, 0.1) is 18.6 Å². The molecule has 0 heterocycles. The molecule has 2 unspecified atom stereocenters. The summed E-state index contributed by atoms with van der Waals surface area (Å²) in [5.74, 6) is -0.902. The fraction of sp³-hybridized carbons (Fsp3) is 0.400. The minimum absolute atomic E-state index is 0.0605. The van der Waals surface area contributed by atoms with Crippen LogP contribution in [0.5, 0.6) is 0 Å². The third kappa shape index (κ3) is 2.66. The Kier molecular flexibility index (Phi) is 4.47. The topological polar surface area (TPSA) is 60.7 Å². The summed E-state index contributed by atoms with van der Waals surface area (Å²) in [4.78, 5) is 0. The van der Waals surface area contributed by atoms with Crippen LogP contribution in [-0.2, 0) is 6.61 Å². The van der Waals surface area contributed by atoms with E-state index >= 15 is 0 Å². The molecule has 0 aliphatic carbocycles. The van der Waals surface area contributed by atoms with Gasteiger partial charge < -0.3 is 15.3 Å². The predicted octanol–water partition coefficient (Wildman–Crippen LogP) is 0.951. The van der Waals surface area contributed by atoms with Gasteiger partial charge >= 0.3 is 0 Å². The van der Waals surface area contributed by atoms with Gasteiger partial charge in [-0.2, -0.15) is 0 Å². The Bertz CT molecular complexity index is 332. The molecule has 0 radical (unpaired) electrons. The maximum atomic E-state index is 13.5. The molecule has 2 atom stereocenters. The molecule has 0 spiro atoms. The van der Waals surface area contributed by atoms with Crippen molar-refractivity contribution in [2.45, 2.75) is 18.8 Å². The lowest BCUT2D eigenvalue weighted by molar-refractivity contribution is 0.0302. The van der Waals surface area contributed by atoms with Crippen LogP contribution in [-0.4, -0.2) is 27.3 Å². The average molecular weight is 235 g/mol. The number of rotatable bonds is 4. The van der Waals surface area contributed by atoms with Gasteiger partial charge in [-0.25, -0.2) is 4.39 Å². The molecule has 15 heavy (non-hydrogen) atoms. The number of benzene rings is 1. The van der Waals surface area contributed by atoms with Crippen LogP contribution in [0.2, 0.25) is 0 Å². The maximum Gasteiger partial charge on any atom is 0.134 e. The molecule has 0 amide bonds. The number of hydrogen-bond donors (Lipinski definition) is 3. The van der Waals surface area contributed by atoms with Crippen LogP contribution in [0.15, 0.2) is 18.2 Å². The first-order chi connectivity index (χ1) is 7.11. The van der Waals surface area contributed by atoms with Crippen molar-refractivity contribution < 1.29 is 19.7 Å². The van der Waals surface area contributed by atoms with E-state index in [1.54, 1.807) is 0 Å². The second kappa shape index (κ2) is 5.42. The maximum absolute atomic E-state index is 13.5. The first kappa shape index (κ1) is 12.4. The summed E-state index contributed by atoms with van der Waals surface area (Å²) in [6.45, 7) is -0.455. The van der Waals surface area contributed by atoms with Crippen LogP contribution in [0.3, 0.4) is 0 Å². The Balaban J connectivity index is 3.03. The minimum Gasteiger partial charge on any atom is -0.392 e. The summed E-state index contributed by atoms with van der Waals surface area (Å²) < 4.78 is 13.5. The van der Waals surface area contributed by atoms with Gasteiger partial charge in [-0.05, 0) is 0 Å². The zero-order chi connectivity index (χ0) is 11.4. The molecule has 1 aromatic carbocycles. The fourth-order valence-corrected chi connectivity index (χ4v) is 1.41. The van der Waals surface area contributed by atoms with Crippen LogP contribution in [0.25, 0.3) is 0 Å². The lowest BCUT2D eigenvalue weighted by Crippen LogP contribution is -2.21. The lowest BCUT2D eigenvalue weighted by Gasteiger charge is -2.17. The largest absolute Gasteiger partial charge is 0.392 e. The molecular weight excluding hydrogens is 223 g/mol. The van der Waals surface area contributed by atoms with Crippen molar-refractivity contribution in [1.29, 1.82) is 0 Å². The molecule has 3 N–H and O–H groups in total. The highest BCUT2D eigenvalue weighted by molar-refractivity contribution is 6.18. The summed E-state index contributed by atoms with van der Waals surface area (Å²) in [7, 11) is 0. The number of halogens is 2. The first-order valence-corrected chi connectivity index (χ1v) is 4.95. The van der Waals surface area contributed by atoms with Gasteiger partial charge in [0.2, 0.25) is 0 Å².